The van der Waals surface area contributed by atoms with Gasteiger partial charge in [0.1, 0.15) is 10.7 Å². The molecule has 2 aliphatic rings. The molecule has 3 heterocycles. The number of H-pyrrole nitrogens is 1. The molecule has 0 saturated carbocycles. The fourth-order valence-electron chi connectivity index (χ4n) is 4.16. The molecular weight excluding hydrogens is 334 g/mol. The molecule has 134 valence electrons. The minimum Gasteiger partial charge on any atom is -0.340 e. The third-order valence-corrected chi connectivity index (χ3v) is 6.76. The summed E-state index contributed by atoms with van der Waals surface area (Å²) >= 11 is 1.66. The van der Waals surface area contributed by atoms with Gasteiger partial charge in [0.05, 0.1) is 5.39 Å². The van der Waals surface area contributed by atoms with Crippen molar-refractivity contribution < 1.29 is 4.79 Å². The summed E-state index contributed by atoms with van der Waals surface area (Å²) in [6, 6.07) is 0.333. The van der Waals surface area contributed by atoms with Crippen molar-refractivity contribution in [3.05, 3.63) is 26.6 Å². The molecule has 6 heteroatoms. The molecule has 2 aromatic heterocycles. The van der Waals surface area contributed by atoms with Crippen molar-refractivity contribution in [1.82, 2.24) is 14.9 Å². The van der Waals surface area contributed by atoms with E-state index in [1.54, 1.807) is 11.3 Å². The number of hydrogen-bond donors (Lipinski definition) is 1. The van der Waals surface area contributed by atoms with E-state index in [0.717, 1.165) is 48.9 Å². The highest BCUT2D eigenvalue weighted by atomic mass is 32.1. The summed E-state index contributed by atoms with van der Waals surface area (Å²) in [5.74, 6) is 0.828. The second-order valence-corrected chi connectivity index (χ2v) is 8.42. The largest absolute Gasteiger partial charge is 0.340 e. The molecular formula is C19H25N3O2S. The second kappa shape index (κ2) is 6.90. The van der Waals surface area contributed by atoms with E-state index in [0.29, 0.717) is 24.7 Å². The van der Waals surface area contributed by atoms with Gasteiger partial charge in [-0.15, -0.1) is 11.3 Å². The Labute approximate surface area is 151 Å². The molecule has 0 unspecified atom stereocenters. The zero-order chi connectivity index (χ0) is 17.4. The van der Waals surface area contributed by atoms with Gasteiger partial charge in [0.25, 0.3) is 5.56 Å². The van der Waals surface area contributed by atoms with Crippen LogP contribution in [0.15, 0.2) is 4.79 Å². The van der Waals surface area contributed by atoms with Crippen LogP contribution in [0, 0.1) is 0 Å². The number of piperidine rings is 1. The van der Waals surface area contributed by atoms with Crippen molar-refractivity contribution in [3.8, 4) is 0 Å². The predicted octanol–water partition coefficient (Wildman–Crippen LogP) is 3.20. The summed E-state index contributed by atoms with van der Waals surface area (Å²) in [6.45, 7) is 2.99. The van der Waals surface area contributed by atoms with Gasteiger partial charge in [-0.25, -0.2) is 4.98 Å². The van der Waals surface area contributed by atoms with Gasteiger partial charge in [-0.3, -0.25) is 9.59 Å². The van der Waals surface area contributed by atoms with Crippen molar-refractivity contribution >= 4 is 27.5 Å². The van der Waals surface area contributed by atoms with Crippen molar-refractivity contribution in [2.75, 3.05) is 6.54 Å². The molecule has 1 N–H and O–H groups in total. The number of likely N-dealkylation sites (tertiary alicyclic amines) is 1. The van der Waals surface area contributed by atoms with Crippen LogP contribution < -0.4 is 5.56 Å². The van der Waals surface area contributed by atoms with Crippen LogP contribution in [0.25, 0.3) is 10.2 Å². The summed E-state index contributed by atoms with van der Waals surface area (Å²) < 4.78 is 0. The molecule has 1 aliphatic carbocycles. The maximum atomic E-state index is 12.5. The number of aromatic amines is 1. The Morgan fingerprint density at radius 2 is 2.12 bits per heavy atom. The molecule has 1 fully saturated rings. The number of hydrogen-bond acceptors (Lipinski definition) is 4. The highest BCUT2D eigenvalue weighted by molar-refractivity contribution is 7.18. The lowest BCUT2D eigenvalue weighted by Crippen LogP contribution is -2.42. The number of carbonyl (C=O) groups is 1. The molecule has 0 aromatic carbocycles. The van der Waals surface area contributed by atoms with E-state index in [-0.39, 0.29) is 11.5 Å². The van der Waals surface area contributed by atoms with Gasteiger partial charge in [0.2, 0.25) is 5.91 Å². The SMILES string of the molecule is C[C@@H]1CCCCN1C(=O)CCc1nc2sc3c(c2c(=O)[nH]1)CCCC3. The summed E-state index contributed by atoms with van der Waals surface area (Å²) in [5.41, 5.74) is 1.18. The molecule has 25 heavy (non-hydrogen) atoms. The van der Waals surface area contributed by atoms with Crippen molar-refractivity contribution in [3.63, 3.8) is 0 Å². The lowest BCUT2D eigenvalue weighted by Gasteiger charge is -2.33. The van der Waals surface area contributed by atoms with Crippen LogP contribution in [0.5, 0.6) is 0 Å². The molecule has 0 bridgehead atoms. The van der Waals surface area contributed by atoms with Crippen LogP contribution >= 0.6 is 11.3 Å². The van der Waals surface area contributed by atoms with E-state index in [1.165, 1.54) is 23.3 Å². The Morgan fingerprint density at radius 1 is 1.28 bits per heavy atom. The number of aromatic nitrogens is 2. The number of nitrogens with zero attached hydrogens (tertiary/aromatic N) is 2. The number of rotatable bonds is 3. The molecule has 1 amide bonds. The van der Waals surface area contributed by atoms with Crippen LogP contribution in [0.4, 0.5) is 0 Å². The summed E-state index contributed by atoms with van der Waals surface area (Å²) in [6.07, 6.45) is 8.74. The normalized spacial score (nSPS) is 20.7. The first-order chi connectivity index (χ1) is 12.1. The Hall–Kier alpha value is -1.69. The van der Waals surface area contributed by atoms with Crippen LogP contribution in [0.2, 0.25) is 0 Å². The summed E-state index contributed by atoms with van der Waals surface area (Å²) in [5, 5.41) is 0.791. The maximum Gasteiger partial charge on any atom is 0.259 e. The van der Waals surface area contributed by atoms with Crippen molar-refractivity contribution in [2.24, 2.45) is 0 Å². The number of nitrogens with one attached hydrogen (secondary N) is 1. The Balaban J connectivity index is 1.52. The van der Waals surface area contributed by atoms with Gasteiger partial charge in [-0.2, -0.15) is 0 Å². The summed E-state index contributed by atoms with van der Waals surface area (Å²) in [7, 11) is 0. The number of aryl methyl sites for hydroxylation is 3. The van der Waals surface area contributed by atoms with Gasteiger partial charge in [0.15, 0.2) is 0 Å². The van der Waals surface area contributed by atoms with E-state index in [9.17, 15) is 9.59 Å². The minimum atomic E-state index is -0.0295. The summed E-state index contributed by atoms with van der Waals surface area (Å²) in [4.78, 5) is 36.8. The van der Waals surface area contributed by atoms with Crippen molar-refractivity contribution in [1.29, 1.82) is 0 Å². The van der Waals surface area contributed by atoms with Gasteiger partial charge < -0.3 is 9.88 Å². The first-order valence-electron chi connectivity index (χ1n) is 9.46. The quantitative estimate of drug-likeness (QED) is 0.915. The second-order valence-electron chi connectivity index (χ2n) is 7.34. The highest BCUT2D eigenvalue weighted by Gasteiger charge is 2.23. The van der Waals surface area contributed by atoms with Gasteiger partial charge >= 0.3 is 0 Å². The average Bonchev–Trinajstić information content (AvgIpc) is 2.99. The van der Waals surface area contributed by atoms with Gasteiger partial charge in [0, 0.05) is 30.3 Å². The predicted molar refractivity (Wildman–Crippen MR) is 100 cm³/mol. The third kappa shape index (κ3) is 3.24. The van der Waals surface area contributed by atoms with Crippen LogP contribution in [0.3, 0.4) is 0 Å². The molecule has 4 rings (SSSR count). The molecule has 0 radical (unpaired) electrons. The van der Waals surface area contributed by atoms with Crippen LogP contribution in [-0.4, -0.2) is 33.4 Å². The van der Waals surface area contributed by atoms with E-state index >= 15 is 0 Å². The molecule has 2 aromatic rings. The van der Waals surface area contributed by atoms with E-state index < -0.39 is 0 Å². The fourth-order valence-corrected chi connectivity index (χ4v) is 5.45. The first-order valence-corrected chi connectivity index (χ1v) is 10.3. The van der Waals surface area contributed by atoms with Crippen LogP contribution in [-0.2, 0) is 24.1 Å². The molecule has 5 nitrogen and oxygen atoms in total. The third-order valence-electron chi connectivity index (χ3n) is 5.57. The fraction of sp³-hybridized carbons (Fsp3) is 0.632. The number of amides is 1. The number of thiophene rings is 1. The molecule has 0 spiro atoms. The zero-order valence-electron chi connectivity index (χ0n) is 14.8. The Kier molecular flexibility index (Phi) is 4.63. The standard InChI is InChI=1S/C19H25N3O2S/c1-12-6-4-5-11-22(12)16(23)10-9-15-20-18(24)17-13-7-2-3-8-14(13)25-19(17)21-15/h12H,2-11H2,1H3,(H,20,21,24)/t12-/m1/s1. The van der Waals surface area contributed by atoms with E-state index in [1.807, 2.05) is 4.90 Å². The molecule has 1 atom stereocenters. The minimum absolute atomic E-state index is 0.0295. The Morgan fingerprint density at radius 3 is 2.96 bits per heavy atom. The number of fused-ring (bicyclic) bond motifs is 3. The topological polar surface area (TPSA) is 66.1 Å². The highest BCUT2D eigenvalue weighted by Crippen LogP contribution is 2.33. The van der Waals surface area contributed by atoms with E-state index in [4.69, 9.17) is 0 Å². The maximum absolute atomic E-state index is 12.5. The van der Waals surface area contributed by atoms with Gasteiger partial charge in [-0.1, -0.05) is 0 Å². The average molecular weight is 359 g/mol. The lowest BCUT2D eigenvalue weighted by atomic mass is 9.97. The zero-order valence-corrected chi connectivity index (χ0v) is 15.6. The first kappa shape index (κ1) is 16.8. The van der Waals surface area contributed by atoms with Crippen LogP contribution in [0.1, 0.15) is 61.7 Å². The Bertz CT molecular complexity index is 854. The van der Waals surface area contributed by atoms with Gasteiger partial charge in [-0.05, 0) is 57.4 Å². The lowest BCUT2D eigenvalue weighted by molar-refractivity contribution is -0.134. The van der Waals surface area contributed by atoms with Crippen molar-refractivity contribution in [2.45, 2.75) is 70.8 Å². The molecule has 1 saturated heterocycles. The van der Waals surface area contributed by atoms with E-state index in [2.05, 4.69) is 16.9 Å². The monoisotopic (exact) mass is 359 g/mol. The molecule has 1 aliphatic heterocycles. The number of carbonyl (C=O) groups excluding carboxylic acids is 1. The smallest absolute Gasteiger partial charge is 0.259 e.